The van der Waals surface area contributed by atoms with Crippen molar-refractivity contribution < 1.29 is 14.6 Å². The van der Waals surface area contributed by atoms with Crippen LogP contribution in [-0.2, 0) is 9.53 Å². The minimum atomic E-state index is -1.14. The molecule has 0 unspecified atom stereocenters. The van der Waals surface area contributed by atoms with Crippen LogP contribution in [0.3, 0.4) is 0 Å². The minimum absolute atomic E-state index is 0.160. The molecule has 1 aliphatic heterocycles. The van der Waals surface area contributed by atoms with Crippen molar-refractivity contribution in [2.24, 2.45) is 5.92 Å². The molecule has 0 radical (unpaired) electrons. The normalized spacial score (nSPS) is 19.5. The molecule has 0 aromatic rings. The summed E-state index contributed by atoms with van der Waals surface area (Å²) in [5.41, 5.74) is -0.160. The number of carboxylic acids is 1. The van der Waals surface area contributed by atoms with Gasteiger partial charge in [0, 0.05) is 13.2 Å². The smallest absolute Gasteiger partial charge is 0.346 e. The molecule has 0 aromatic carbocycles. The molecular formula is C9H11NO3. The molecule has 70 valence electrons. The highest BCUT2D eigenvalue weighted by molar-refractivity contribution is 5.90. The number of hydrogen-bond acceptors (Lipinski definition) is 3. The number of nitriles is 1. The Balaban J connectivity index is 2.61. The van der Waals surface area contributed by atoms with E-state index in [2.05, 4.69) is 0 Å². The van der Waals surface area contributed by atoms with Gasteiger partial charge in [-0.15, -0.1) is 0 Å². The van der Waals surface area contributed by atoms with E-state index in [1.165, 1.54) is 6.08 Å². The van der Waals surface area contributed by atoms with Gasteiger partial charge < -0.3 is 9.84 Å². The summed E-state index contributed by atoms with van der Waals surface area (Å²) in [4.78, 5) is 10.5. The van der Waals surface area contributed by atoms with Crippen LogP contribution in [0.4, 0.5) is 0 Å². The molecule has 1 saturated heterocycles. The van der Waals surface area contributed by atoms with Crippen molar-refractivity contribution in [3.63, 3.8) is 0 Å². The predicted molar refractivity (Wildman–Crippen MR) is 44.9 cm³/mol. The lowest BCUT2D eigenvalue weighted by molar-refractivity contribution is -0.132. The first kappa shape index (κ1) is 9.75. The first-order chi connectivity index (χ1) is 6.24. The van der Waals surface area contributed by atoms with E-state index in [0.717, 1.165) is 12.8 Å². The van der Waals surface area contributed by atoms with E-state index in [4.69, 9.17) is 15.1 Å². The van der Waals surface area contributed by atoms with E-state index >= 15 is 0 Å². The van der Waals surface area contributed by atoms with Crippen molar-refractivity contribution in [3.8, 4) is 6.07 Å². The average molecular weight is 181 g/mol. The highest BCUT2D eigenvalue weighted by atomic mass is 16.5. The summed E-state index contributed by atoms with van der Waals surface area (Å²) in [7, 11) is 0. The third-order valence-electron chi connectivity index (χ3n) is 2.02. The molecule has 0 aromatic heterocycles. The number of hydrogen-bond donors (Lipinski definition) is 1. The fraction of sp³-hybridized carbons (Fsp3) is 0.556. The van der Waals surface area contributed by atoms with Gasteiger partial charge in [0.1, 0.15) is 11.6 Å². The second-order valence-electron chi connectivity index (χ2n) is 2.95. The molecular weight excluding hydrogens is 170 g/mol. The second-order valence-corrected chi connectivity index (χ2v) is 2.95. The Morgan fingerprint density at radius 3 is 2.62 bits per heavy atom. The van der Waals surface area contributed by atoms with E-state index in [-0.39, 0.29) is 11.5 Å². The van der Waals surface area contributed by atoms with Crippen LogP contribution in [0.5, 0.6) is 0 Å². The maximum absolute atomic E-state index is 10.5. The minimum Gasteiger partial charge on any atom is -0.477 e. The molecule has 0 amide bonds. The molecule has 1 fully saturated rings. The van der Waals surface area contributed by atoms with Crippen molar-refractivity contribution in [1.82, 2.24) is 0 Å². The van der Waals surface area contributed by atoms with E-state index in [1.54, 1.807) is 6.07 Å². The van der Waals surface area contributed by atoms with E-state index in [0.29, 0.717) is 13.2 Å². The van der Waals surface area contributed by atoms with Crippen LogP contribution in [-0.4, -0.2) is 24.3 Å². The summed E-state index contributed by atoms with van der Waals surface area (Å²) in [6, 6.07) is 1.67. The first-order valence-corrected chi connectivity index (χ1v) is 4.17. The fourth-order valence-corrected chi connectivity index (χ4v) is 1.27. The van der Waals surface area contributed by atoms with E-state index < -0.39 is 5.97 Å². The SMILES string of the molecule is N#C/C(=C\C1CCOCC1)C(=O)O. The molecule has 1 N–H and O–H groups in total. The second kappa shape index (κ2) is 4.63. The topological polar surface area (TPSA) is 70.3 Å². The van der Waals surface area contributed by atoms with Crippen LogP contribution in [0.25, 0.3) is 0 Å². The van der Waals surface area contributed by atoms with Gasteiger partial charge in [-0.1, -0.05) is 6.08 Å². The molecule has 0 atom stereocenters. The number of nitrogens with zero attached hydrogens (tertiary/aromatic N) is 1. The van der Waals surface area contributed by atoms with Gasteiger partial charge in [-0.2, -0.15) is 5.26 Å². The highest BCUT2D eigenvalue weighted by Crippen LogP contribution is 2.17. The third-order valence-corrected chi connectivity index (χ3v) is 2.02. The fourth-order valence-electron chi connectivity index (χ4n) is 1.27. The summed E-state index contributed by atoms with van der Waals surface area (Å²) < 4.78 is 5.12. The molecule has 0 bridgehead atoms. The molecule has 0 saturated carbocycles. The number of carbonyl (C=O) groups is 1. The Morgan fingerprint density at radius 2 is 2.15 bits per heavy atom. The number of aliphatic carboxylic acids is 1. The van der Waals surface area contributed by atoms with Crippen molar-refractivity contribution in [2.45, 2.75) is 12.8 Å². The van der Waals surface area contributed by atoms with Crippen molar-refractivity contribution in [1.29, 1.82) is 5.26 Å². The number of ether oxygens (including phenoxy) is 1. The molecule has 4 nitrogen and oxygen atoms in total. The molecule has 0 aliphatic carbocycles. The Labute approximate surface area is 76.4 Å². The third kappa shape index (κ3) is 2.88. The number of rotatable bonds is 2. The largest absolute Gasteiger partial charge is 0.477 e. The standard InChI is InChI=1S/C9H11NO3/c10-6-8(9(11)12)5-7-1-3-13-4-2-7/h5,7H,1-4H2,(H,11,12)/b8-5+. The van der Waals surface area contributed by atoms with Gasteiger partial charge in [-0.05, 0) is 18.8 Å². The quantitative estimate of drug-likeness (QED) is 0.508. The van der Waals surface area contributed by atoms with Crippen molar-refractivity contribution in [3.05, 3.63) is 11.6 Å². The molecule has 1 heterocycles. The molecule has 1 aliphatic rings. The maximum atomic E-state index is 10.5. The lowest BCUT2D eigenvalue weighted by Gasteiger charge is -2.18. The van der Waals surface area contributed by atoms with Gasteiger partial charge in [0.05, 0.1) is 0 Å². The Bertz CT molecular complexity index is 259. The molecule has 13 heavy (non-hydrogen) atoms. The first-order valence-electron chi connectivity index (χ1n) is 4.17. The zero-order chi connectivity index (χ0) is 9.68. The van der Waals surface area contributed by atoms with Gasteiger partial charge in [0.25, 0.3) is 0 Å². The van der Waals surface area contributed by atoms with Crippen molar-refractivity contribution >= 4 is 5.97 Å². The summed E-state index contributed by atoms with van der Waals surface area (Å²) >= 11 is 0. The van der Waals surface area contributed by atoms with E-state index in [9.17, 15) is 4.79 Å². The van der Waals surface area contributed by atoms with Gasteiger partial charge in [-0.3, -0.25) is 0 Å². The lowest BCUT2D eigenvalue weighted by Crippen LogP contribution is -2.15. The zero-order valence-corrected chi connectivity index (χ0v) is 7.19. The average Bonchev–Trinajstić information content (AvgIpc) is 2.15. The van der Waals surface area contributed by atoms with Gasteiger partial charge in [-0.25, -0.2) is 4.79 Å². The van der Waals surface area contributed by atoms with Gasteiger partial charge in [0.15, 0.2) is 0 Å². The van der Waals surface area contributed by atoms with Crippen LogP contribution >= 0.6 is 0 Å². The predicted octanol–water partition coefficient (Wildman–Crippen LogP) is 0.948. The Kier molecular flexibility index (Phi) is 3.47. The summed E-state index contributed by atoms with van der Waals surface area (Å²) in [6.45, 7) is 1.30. The summed E-state index contributed by atoms with van der Waals surface area (Å²) in [5.74, 6) is -0.964. The van der Waals surface area contributed by atoms with Crippen LogP contribution in [0.2, 0.25) is 0 Å². The van der Waals surface area contributed by atoms with Gasteiger partial charge in [0.2, 0.25) is 0 Å². The summed E-state index contributed by atoms with van der Waals surface area (Å²) in [5, 5.41) is 17.1. The number of carboxylic acid groups (broad SMARTS) is 1. The molecule has 1 rings (SSSR count). The van der Waals surface area contributed by atoms with Crippen LogP contribution in [0, 0.1) is 17.2 Å². The van der Waals surface area contributed by atoms with Crippen LogP contribution in [0.1, 0.15) is 12.8 Å². The Morgan fingerprint density at radius 1 is 1.54 bits per heavy atom. The maximum Gasteiger partial charge on any atom is 0.346 e. The Hall–Kier alpha value is -1.34. The molecule has 0 spiro atoms. The van der Waals surface area contributed by atoms with Crippen LogP contribution in [0.15, 0.2) is 11.6 Å². The lowest BCUT2D eigenvalue weighted by atomic mass is 9.98. The van der Waals surface area contributed by atoms with E-state index in [1.807, 2.05) is 0 Å². The number of allylic oxidation sites excluding steroid dienone is 1. The van der Waals surface area contributed by atoms with Crippen molar-refractivity contribution in [2.75, 3.05) is 13.2 Å². The van der Waals surface area contributed by atoms with Gasteiger partial charge >= 0.3 is 5.97 Å². The van der Waals surface area contributed by atoms with Crippen LogP contribution < -0.4 is 0 Å². The summed E-state index contributed by atoms with van der Waals surface area (Å²) in [6.07, 6.45) is 3.14. The zero-order valence-electron chi connectivity index (χ0n) is 7.19. The monoisotopic (exact) mass is 181 g/mol. The highest BCUT2D eigenvalue weighted by Gasteiger charge is 2.14. The molecule has 4 heteroatoms.